The van der Waals surface area contributed by atoms with Crippen molar-refractivity contribution in [2.75, 3.05) is 24.8 Å². The number of anilines is 1. The first-order valence-electron chi connectivity index (χ1n) is 9.46. The molecule has 0 saturated heterocycles. The zero-order chi connectivity index (χ0) is 22.2. The van der Waals surface area contributed by atoms with E-state index in [0.717, 1.165) is 0 Å². The van der Waals surface area contributed by atoms with Gasteiger partial charge in [-0.3, -0.25) is 9.36 Å². The Labute approximate surface area is 182 Å². The number of benzene rings is 2. The molecule has 3 rings (SSSR count). The first-order valence-corrected chi connectivity index (χ1v) is 10.4. The summed E-state index contributed by atoms with van der Waals surface area (Å²) in [5.41, 5.74) is 0.374. The summed E-state index contributed by atoms with van der Waals surface area (Å²) >= 11 is 1.18. The molecule has 0 aliphatic heterocycles. The van der Waals surface area contributed by atoms with Crippen LogP contribution >= 0.6 is 11.8 Å². The molecule has 1 heterocycles. The van der Waals surface area contributed by atoms with Crippen molar-refractivity contribution in [2.45, 2.75) is 24.7 Å². The fourth-order valence-corrected chi connectivity index (χ4v) is 3.72. The highest BCUT2D eigenvalue weighted by Crippen LogP contribution is 2.24. The monoisotopic (exact) mass is 448 g/mol. The summed E-state index contributed by atoms with van der Waals surface area (Å²) in [6.45, 7) is 2.29. The molecule has 0 aliphatic rings. The van der Waals surface area contributed by atoms with E-state index < -0.39 is 11.6 Å². The maximum Gasteiger partial charge on any atom is 0.234 e. The smallest absolute Gasteiger partial charge is 0.234 e. The molecule has 3 aromatic rings. The Hall–Kier alpha value is -2.98. The van der Waals surface area contributed by atoms with E-state index in [9.17, 15) is 13.6 Å². The van der Waals surface area contributed by atoms with Crippen molar-refractivity contribution in [3.63, 3.8) is 0 Å². The molecule has 1 amide bonds. The SMILES string of the molecule is COC[C@H](C)n1c(COc2ccccc2F)nnc1SCC(=O)Nc1cccc(F)c1. The summed E-state index contributed by atoms with van der Waals surface area (Å²) < 4.78 is 39.7. The standard InChI is InChI=1S/C21H22F2N4O3S/c1-14(11-29-2)27-19(12-30-18-9-4-3-8-17(18)23)25-26-21(27)31-13-20(28)24-16-7-5-6-15(22)10-16/h3-10,14H,11-13H2,1-2H3,(H,24,28)/t14-/m0/s1. The van der Waals surface area contributed by atoms with Crippen LogP contribution in [-0.4, -0.2) is 40.1 Å². The Bertz CT molecular complexity index is 1030. The van der Waals surface area contributed by atoms with Crippen molar-refractivity contribution in [3.8, 4) is 5.75 Å². The molecular formula is C21H22F2N4O3S. The van der Waals surface area contributed by atoms with Crippen LogP contribution in [0, 0.1) is 11.6 Å². The van der Waals surface area contributed by atoms with E-state index >= 15 is 0 Å². The van der Waals surface area contributed by atoms with Crippen LogP contribution in [0.3, 0.4) is 0 Å². The van der Waals surface area contributed by atoms with Crippen molar-refractivity contribution in [1.82, 2.24) is 14.8 Å². The van der Waals surface area contributed by atoms with Gasteiger partial charge in [0.25, 0.3) is 0 Å². The molecule has 164 valence electrons. The zero-order valence-corrected chi connectivity index (χ0v) is 17.9. The maximum absolute atomic E-state index is 13.8. The van der Waals surface area contributed by atoms with Crippen LogP contribution in [0.1, 0.15) is 18.8 Å². The lowest BCUT2D eigenvalue weighted by Crippen LogP contribution is -2.18. The quantitative estimate of drug-likeness (QED) is 0.471. The second-order valence-electron chi connectivity index (χ2n) is 6.64. The summed E-state index contributed by atoms with van der Waals surface area (Å²) in [6.07, 6.45) is 0. The van der Waals surface area contributed by atoms with Crippen LogP contribution in [0.25, 0.3) is 0 Å². The molecule has 0 saturated carbocycles. The molecule has 1 N–H and O–H groups in total. The predicted molar refractivity (Wildman–Crippen MR) is 113 cm³/mol. The second-order valence-corrected chi connectivity index (χ2v) is 7.58. The Morgan fingerprint density at radius 3 is 2.74 bits per heavy atom. The van der Waals surface area contributed by atoms with Gasteiger partial charge in [-0.05, 0) is 37.3 Å². The maximum atomic E-state index is 13.8. The number of nitrogens with zero attached hydrogens (tertiary/aromatic N) is 3. The third-order valence-electron chi connectivity index (χ3n) is 4.22. The highest BCUT2D eigenvalue weighted by Gasteiger charge is 2.20. The molecule has 1 aromatic heterocycles. The molecule has 0 fully saturated rings. The molecule has 0 spiro atoms. The van der Waals surface area contributed by atoms with Gasteiger partial charge in [-0.25, -0.2) is 8.78 Å². The molecular weight excluding hydrogens is 426 g/mol. The fraction of sp³-hybridized carbons (Fsp3) is 0.286. The lowest BCUT2D eigenvalue weighted by molar-refractivity contribution is -0.113. The predicted octanol–water partition coefficient (Wildman–Crippen LogP) is 4.07. The first-order chi connectivity index (χ1) is 15.0. The summed E-state index contributed by atoms with van der Waals surface area (Å²) in [4.78, 5) is 12.3. The average molecular weight is 448 g/mol. The topological polar surface area (TPSA) is 78.3 Å². The third-order valence-corrected chi connectivity index (χ3v) is 5.16. The highest BCUT2D eigenvalue weighted by atomic mass is 32.2. The largest absolute Gasteiger partial charge is 0.483 e. The van der Waals surface area contributed by atoms with Crippen LogP contribution in [0.4, 0.5) is 14.5 Å². The number of methoxy groups -OCH3 is 1. The number of aromatic nitrogens is 3. The Balaban J connectivity index is 1.69. The highest BCUT2D eigenvalue weighted by molar-refractivity contribution is 7.99. The van der Waals surface area contributed by atoms with Gasteiger partial charge in [-0.2, -0.15) is 0 Å². The normalized spacial score (nSPS) is 11.9. The van der Waals surface area contributed by atoms with Crippen molar-refractivity contribution in [2.24, 2.45) is 0 Å². The van der Waals surface area contributed by atoms with Gasteiger partial charge in [0, 0.05) is 12.8 Å². The number of rotatable bonds is 10. The Morgan fingerprint density at radius 2 is 2.00 bits per heavy atom. The minimum Gasteiger partial charge on any atom is -0.483 e. The molecule has 0 unspecified atom stereocenters. The fourth-order valence-electron chi connectivity index (χ4n) is 2.86. The van der Waals surface area contributed by atoms with Crippen LogP contribution in [0.2, 0.25) is 0 Å². The second kappa shape index (κ2) is 10.9. The first kappa shape index (κ1) is 22.7. The van der Waals surface area contributed by atoms with Crippen molar-refractivity contribution >= 4 is 23.4 Å². The number of amides is 1. The summed E-state index contributed by atoms with van der Waals surface area (Å²) in [7, 11) is 1.58. The number of nitrogens with one attached hydrogen (secondary N) is 1. The van der Waals surface area contributed by atoms with Crippen molar-refractivity contribution in [3.05, 3.63) is 66.0 Å². The van der Waals surface area contributed by atoms with Gasteiger partial charge in [0.2, 0.25) is 5.91 Å². The number of halogens is 2. The number of carbonyl (C=O) groups excluding carboxylic acids is 1. The molecule has 10 heteroatoms. The molecule has 0 bridgehead atoms. The van der Waals surface area contributed by atoms with E-state index in [0.29, 0.717) is 23.3 Å². The molecule has 31 heavy (non-hydrogen) atoms. The average Bonchev–Trinajstić information content (AvgIpc) is 3.15. The van der Waals surface area contributed by atoms with Crippen molar-refractivity contribution in [1.29, 1.82) is 0 Å². The van der Waals surface area contributed by atoms with Gasteiger partial charge in [0.1, 0.15) is 12.4 Å². The van der Waals surface area contributed by atoms with E-state index in [1.54, 1.807) is 29.9 Å². The van der Waals surface area contributed by atoms with Crippen LogP contribution < -0.4 is 10.1 Å². The zero-order valence-electron chi connectivity index (χ0n) is 17.0. The molecule has 2 aromatic carbocycles. The van der Waals surface area contributed by atoms with Gasteiger partial charge in [-0.15, -0.1) is 10.2 Å². The summed E-state index contributed by atoms with van der Waals surface area (Å²) in [5, 5.41) is 11.4. The number of thioether (sulfide) groups is 1. The van der Waals surface area contributed by atoms with E-state index in [2.05, 4.69) is 15.5 Å². The van der Waals surface area contributed by atoms with Gasteiger partial charge in [0.15, 0.2) is 22.5 Å². The third kappa shape index (κ3) is 6.25. The number of ether oxygens (including phenoxy) is 2. The van der Waals surface area contributed by atoms with E-state index in [1.165, 1.54) is 42.1 Å². The van der Waals surface area contributed by atoms with Crippen LogP contribution in [0.5, 0.6) is 5.75 Å². The summed E-state index contributed by atoms with van der Waals surface area (Å²) in [5.74, 6) is -0.586. The van der Waals surface area contributed by atoms with E-state index in [1.807, 2.05) is 6.92 Å². The lowest BCUT2D eigenvalue weighted by atomic mass is 10.3. The lowest BCUT2D eigenvalue weighted by Gasteiger charge is -2.17. The van der Waals surface area contributed by atoms with E-state index in [-0.39, 0.29) is 30.1 Å². The Kier molecular flexibility index (Phi) is 7.96. The molecule has 0 radical (unpaired) electrons. The minimum absolute atomic E-state index is 0.00195. The number of hydrogen-bond donors (Lipinski definition) is 1. The van der Waals surface area contributed by atoms with Crippen molar-refractivity contribution < 1.29 is 23.0 Å². The number of carbonyl (C=O) groups is 1. The molecule has 1 atom stereocenters. The number of para-hydroxylation sites is 1. The summed E-state index contributed by atoms with van der Waals surface area (Å²) in [6, 6.07) is 11.6. The van der Waals surface area contributed by atoms with Gasteiger partial charge in [-0.1, -0.05) is 30.0 Å². The minimum atomic E-state index is -0.470. The Morgan fingerprint density at radius 1 is 1.19 bits per heavy atom. The molecule has 0 aliphatic carbocycles. The van der Waals surface area contributed by atoms with Crippen LogP contribution in [-0.2, 0) is 16.1 Å². The van der Waals surface area contributed by atoms with Gasteiger partial charge < -0.3 is 14.8 Å². The number of hydrogen-bond acceptors (Lipinski definition) is 6. The molecule has 7 nitrogen and oxygen atoms in total. The van der Waals surface area contributed by atoms with Gasteiger partial charge in [0.05, 0.1) is 18.4 Å². The van der Waals surface area contributed by atoms with Gasteiger partial charge >= 0.3 is 0 Å². The van der Waals surface area contributed by atoms with Crippen LogP contribution in [0.15, 0.2) is 53.7 Å². The van der Waals surface area contributed by atoms with E-state index in [4.69, 9.17) is 9.47 Å².